The molecule has 1 aromatic heterocycles. The molecule has 0 fully saturated rings. The zero-order valence-electron chi connectivity index (χ0n) is 9.58. The number of halogens is 2. The summed E-state index contributed by atoms with van der Waals surface area (Å²) < 4.78 is 13.6. The summed E-state index contributed by atoms with van der Waals surface area (Å²) in [4.78, 5) is 15.4. The van der Waals surface area contributed by atoms with E-state index in [9.17, 15) is 9.18 Å². The predicted octanol–water partition coefficient (Wildman–Crippen LogP) is 3.54. The Morgan fingerprint density at radius 3 is 2.72 bits per heavy atom. The highest BCUT2D eigenvalue weighted by Crippen LogP contribution is 2.18. The van der Waals surface area contributed by atoms with Crippen LogP contribution in [0.25, 0.3) is 0 Å². The van der Waals surface area contributed by atoms with Crippen molar-refractivity contribution in [2.45, 2.75) is 6.92 Å². The van der Waals surface area contributed by atoms with E-state index in [-0.39, 0.29) is 5.91 Å². The number of amides is 1. The van der Waals surface area contributed by atoms with E-state index in [0.29, 0.717) is 11.3 Å². The van der Waals surface area contributed by atoms with Crippen LogP contribution in [0.1, 0.15) is 15.9 Å². The average molecular weight is 309 g/mol. The molecule has 1 N–H and O–H groups in total. The number of anilines is 1. The molecule has 0 atom stereocenters. The Kier molecular flexibility index (Phi) is 3.72. The van der Waals surface area contributed by atoms with Crippen LogP contribution in [-0.4, -0.2) is 10.9 Å². The average Bonchev–Trinajstić information content (AvgIpc) is 2.35. The van der Waals surface area contributed by atoms with Gasteiger partial charge in [-0.25, -0.2) is 4.98 Å². The Bertz CT molecular complexity index is 584. The third-order valence-corrected chi connectivity index (χ3v) is 3.30. The highest BCUT2D eigenvalue weighted by molar-refractivity contribution is 9.10. The number of rotatable bonds is 2. The van der Waals surface area contributed by atoms with Crippen molar-refractivity contribution in [2.24, 2.45) is 0 Å². The SMILES string of the molecule is Cc1cc(C(=O)Nc2ccc(F)nc2)ccc1Br. The minimum absolute atomic E-state index is 0.251. The van der Waals surface area contributed by atoms with Crippen molar-refractivity contribution in [2.75, 3.05) is 5.32 Å². The van der Waals surface area contributed by atoms with Gasteiger partial charge in [0.25, 0.3) is 5.91 Å². The molecule has 1 heterocycles. The number of benzene rings is 1. The third kappa shape index (κ3) is 2.92. The van der Waals surface area contributed by atoms with E-state index in [0.717, 1.165) is 10.0 Å². The molecule has 5 heteroatoms. The summed E-state index contributed by atoms with van der Waals surface area (Å²) in [5, 5.41) is 2.65. The predicted molar refractivity (Wildman–Crippen MR) is 71.0 cm³/mol. The molecule has 3 nitrogen and oxygen atoms in total. The van der Waals surface area contributed by atoms with Gasteiger partial charge in [0.2, 0.25) is 5.95 Å². The van der Waals surface area contributed by atoms with Gasteiger partial charge in [-0.05, 0) is 42.8 Å². The lowest BCUT2D eigenvalue weighted by Crippen LogP contribution is -2.12. The summed E-state index contributed by atoms with van der Waals surface area (Å²) in [5.41, 5.74) is 1.97. The van der Waals surface area contributed by atoms with Gasteiger partial charge in [-0.3, -0.25) is 4.79 Å². The van der Waals surface area contributed by atoms with Crippen LogP contribution in [-0.2, 0) is 0 Å². The molecule has 92 valence electrons. The first-order valence-electron chi connectivity index (χ1n) is 5.25. The van der Waals surface area contributed by atoms with E-state index in [2.05, 4.69) is 26.2 Å². The van der Waals surface area contributed by atoms with Crippen LogP contribution in [0.15, 0.2) is 41.0 Å². The Morgan fingerprint density at radius 2 is 2.11 bits per heavy atom. The summed E-state index contributed by atoms with van der Waals surface area (Å²) in [6.07, 6.45) is 1.28. The standard InChI is InChI=1S/C13H10BrFN2O/c1-8-6-9(2-4-11(8)14)13(18)17-10-3-5-12(15)16-7-10/h2-7H,1H3,(H,17,18). The van der Waals surface area contributed by atoms with Crippen molar-refractivity contribution in [3.8, 4) is 0 Å². The maximum atomic E-state index is 12.6. The van der Waals surface area contributed by atoms with E-state index < -0.39 is 5.95 Å². The van der Waals surface area contributed by atoms with E-state index >= 15 is 0 Å². The van der Waals surface area contributed by atoms with E-state index in [1.807, 2.05) is 13.0 Å². The molecule has 0 aliphatic carbocycles. The molecule has 0 unspecified atom stereocenters. The van der Waals surface area contributed by atoms with Crippen LogP contribution in [0.4, 0.5) is 10.1 Å². The maximum absolute atomic E-state index is 12.6. The molecule has 0 spiro atoms. The maximum Gasteiger partial charge on any atom is 0.255 e. The Morgan fingerprint density at radius 1 is 1.33 bits per heavy atom. The fourth-order valence-corrected chi connectivity index (χ4v) is 1.69. The lowest BCUT2D eigenvalue weighted by Gasteiger charge is -2.06. The Labute approximate surface area is 112 Å². The van der Waals surface area contributed by atoms with Gasteiger partial charge in [0.15, 0.2) is 0 Å². The number of nitrogens with one attached hydrogen (secondary N) is 1. The number of nitrogens with zero attached hydrogens (tertiary/aromatic N) is 1. The smallest absolute Gasteiger partial charge is 0.255 e. The van der Waals surface area contributed by atoms with E-state index in [1.54, 1.807) is 12.1 Å². The molecule has 0 aliphatic rings. The van der Waals surface area contributed by atoms with Crippen molar-refractivity contribution in [3.63, 3.8) is 0 Å². The van der Waals surface area contributed by atoms with Crippen LogP contribution in [0.2, 0.25) is 0 Å². The van der Waals surface area contributed by atoms with Crippen molar-refractivity contribution >= 4 is 27.5 Å². The fourth-order valence-electron chi connectivity index (χ4n) is 1.44. The van der Waals surface area contributed by atoms with Gasteiger partial charge in [0, 0.05) is 10.0 Å². The van der Waals surface area contributed by atoms with E-state index in [4.69, 9.17) is 0 Å². The number of hydrogen-bond acceptors (Lipinski definition) is 2. The molecule has 2 aromatic rings. The zero-order valence-corrected chi connectivity index (χ0v) is 11.2. The van der Waals surface area contributed by atoms with Crippen LogP contribution in [0.5, 0.6) is 0 Å². The lowest BCUT2D eigenvalue weighted by molar-refractivity contribution is 0.102. The molecule has 2 rings (SSSR count). The summed E-state index contributed by atoms with van der Waals surface area (Å²) in [6, 6.07) is 7.96. The monoisotopic (exact) mass is 308 g/mol. The first-order valence-corrected chi connectivity index (χ1v) is 6.04. The second-order valence-corrected chi connectivity index (χ2v) is 4.64. The van der Waals surface area contributed by atoms with Gasteiger partial charge in [-0.15, -0.1) is 0 Å². The number of aryl methyl sites for hydroxylation is 1. The van der Waals surface area contributed by atoms with Gasteiger partial charge in [0.1, 0.15) is 0 Å². The second-order valence-electron chi connectivity index (χ2n) is 3.79. The topological polar surface area (TPSA) is 42.0 Å². The normalized spacial score (nSPS) is 10.2. The number of hydrogen-bond donors (Lipinski definition) is 1. The summed E-state index contributed by atoms with van der Waals surface area (Å²) in [5.74, 6) is -0.827. The summed E-state index contributed by atoms with van der Waals surface area (Å²) in [7, 11) is 0. The largest absolute Gasteiger partial charge is 0.321 e. The van der Waals surface area contributed by atoms with Crippen LogP contribution in [0, 0.1) is 12.9 Å². The molecular formula is C13H10BrFN2O. The zero-order chi connectivity index (χ0) is 13.1. The molecule has 0 aliphatic heterocycles. The minimum Gasteiger partial charge on any atom is -0.321 e. The van der Waals surface area contributed by atoms with E-state index in [1.165, 1.54) is 18.3 Å². The quantitative estimate of drug-likeness (QED) is 0.862. The number of carbonyl (C=O) groups is 1. The molecule has 0 saturated carbocycles. The van der Waals surface area contributed by atoms with Crippen molar-refractivity contribution < 1.29 is 9.18 Å². The first-order chi connectivity index (χ1) is 8.56. The summed E-state index contributed by atoms with van der Waals surface area (Å²) in [6.45, 7) is 1.90. The van der Waals surface area contributed by atoms with Crippen molar-refractivity contribution in [1.82, 2.24) is 4.98 Å². The van der Waals surface area contributed by atoms with Crippen LogP contribution < -0.4 is 5.32 Å². The minimum atomic E-state index is -0.576. The fraction of sp³-hybridized carbons (Fsp3) is 0.0769. The third-order valence-electron chi connectivity index (χ3n) is 2.41. The van der Waals surface area contributed by atoms with Gasteiger partial charge >= 0.3 is 0 Å². The van der Waals surface area contributed by atoms with Crippen LogP contribution >= 0.6 is 15.9 Å². The molecule has 0 radical (unpaired) electrons. The molecule has 1 aromatic carbocycles. The van der Waals surface area contributed by atoms with Crippen molar-refractivity contribution in [3.05, 3.63) is 58.1 Å². The van der Waals surface area contributed by atoms with Gasteiger partial charge in [-0.2, -0.15) is 4.39 Å². The van der Waals surface area contributed by atoms with Gasteiger partial charge in [-0.1, -0.05) is 15.9 Å². The van der Waals surface area contributed by atoms with Crippen molar-refractivity contribution in [1.29, 1.82) is 0 Å². The number of pyridine rings is 1. The lowest BCUT2D eigenvalue weighted by atomic mass is 10.1. The first kappa shape index (κ1) is 12.7. The van der Waals surface area contributed by atoms with Gasteiger partial charge < -0.3 is 5.32 Å². The second kappa shape index (κ2) is 5.27. The number of carbonyl (C=O) groups excluding carboxylic acids is 1. The van der Waals surface area contributed by atoms with Gasteiger partial charge in [0.05, 0.1) is 11.9 Å². The van der Waals surface area contributed by atoms with Crippen LogP contribution in [0.3, 0.4) is 0 Å². The highest BCUT2D eigenvalue weighted by Gasteiger charge is 2.07. The molecule has 0 bridgehead atoms. The molecule has 18 heavy (non-hydrogen) atoms. The number of aromatic nitrogens is 1. The molecule has 1 amide bonds. The molecule has 0 saturated heterocycles. The highest BCUT2D eigenvalue weighted by atomic mass is 79.9. The summed E-state index contributed by atoms with van der Waals surface area (Å²) >= 11 is 3.37. The Balaban J connectivity index is 2.16. The molecular weight excluding hydrogens is 299 g/mol. The Hall–Kier alpha value is -1.75.